The number of piperazine rings is 1. The standard InChI is InChI=1S/C9H18N2S2.Na/c1-2-3-4-10-5-7-11(8-6-10)9(12)13;/h2-8H2,1H3,(H,12,13);/q;+1/p-1. The molecule has 0 atom stereocenters. The van der Waals surface area contributed by atoms with Gasteiger partial charge in [-0.1, -0.05) is 17.7 Å². The van der Waals surface area contributed by atoms with Crippen LogP contribution in [0.5, 0.6) is 0 Å². The maximum Gasteiger partial charge on any atom is 1.00 e. The molecule has 2 nitrogen and oxygen atoms in total. The molecular formula is C9H17N2NaS2. The van der Waals surface area contributed by atoms with Gasteiger partial charge in [-0.05, 0) is 13.0 Å². The van der Waals surface area contributed by atoms with Crippen LogP contribution in [0.2, 0.25) is 0 Å². The Morgan fingerprint density at radius 2 is 1.86 bits per heavy atom. The number of nitrogens with zero attached hydrogens (tertiary/aromatic N) is 2. The molecule has 5 heteroatoms. The quantitative estimate of drug-likeness (QED) is 0.327. The summed E-state index contributed by atoms with van der Waals surface area (Å²) >= 11 is 9.93. The Bertz CT molecular complexity index is 170. The predicted molar refractivity (Wildman–Crippen MR) is 62.9 cm³/mol. The summed E-state index contributed by atoms with van der Waals surface area (Å²) in [6.45, 7) is 7.74. The smallest absolute Gasteiger partial charge is 0.411 e. The third kappa shape index (κ3) is 5.24. The minimum Gasteiger partial charge on any atom is -0.411 e. The third-order valence-electron chi connectivity index (χ3n) is 2.46. The van der Waals surface area contributed by atoms with Gasteiger partial charge < -0.3 is 29.7 Å². The Hall–Kier alpha value is 1.07. The minimum atomic E-state index is 0. The zero-order valence-corrected chi connectivity index (χ0v) is 12.8. The molecule has 1 aliphatic rings. The number of rotatable bonds is 3. The van der Waals surface area contributed by atoms with E-state index >= 15 is 0 Å². The van der Waals surface area contributed by atoms with Crippen LogP contribution in [0.3, 0.4) is 0 Å². The first-order valence-corrected chi connectivity index (χ1v) is 5.74. The van der Waals surface area contributed by atoms with E-state index in [0.717, 1.165) is 26.2 Å². The Morgan fingerprint density at radius 1 is 1.29 bits per heavy atom. The fourth-order valence-corrected chi connectivity index (χ4v) is 1.90. The molecular weight excluding hydrogens is 223 g/mol. The Labute approximate surface area is 120 Å². The minimum absolute atomic E-state index is 0. The van der Waals surface area contributed by atoms with Gasteiger partial charge in [0.15, 0.2) is 0 Å². The van der Waals surface area contributed by atoms with E-state index in [2.05, 4.69) is 16.7 Å². The number of unbranched alkanes of at least 4 members (excludes halogenated alkanes) is 1. The van der Waals surface area contributed by atoms with Crippen molar-refractivity contribution in [1.82, 2.24) is 9.80 Å². The Kier molecular flexibility index (Phi) is 8.88. The molecule has 1 rings (SSSR count). The van der Waals surface area contributed by atoms with E-state index in [1.807, 2.05) is 0 Å². The van der Waals surface area contributed by atoms with Crippen molar-refractivity contribution in [2.75, 3.05) is 32.7 Å². The normalized spacial score (nSPS) is 17.6. The summed E-state index contributed by atoms with van der Waals surface area (Å²) in [5, 5.41) is 0. The van der Waals surface area contributed by atoms with E-state index < -0.39 is 0 Å². The van der Waals surface area contributed by atoms with Crippen LogP contribution in [0, 0.1) is 0 Å². The van der Waals surface area contributed by atoms with E-state index in [-0.39, 0.29) is 29.6 Å². The summed E-state index contributed by atoms with van der Waals surface area (Å²) < 4.78 is 0.634. The van der Waals surface area contributed by atoms with E-state index in [9.17, 15) is 0 Å². The number of thiocarbonyl (C=S) groups is 1. The van der Waals surface area contributed by atoms with Crippen molar-refractivity contribution in [1.29, 1.82) is 0 Å². The molecule has 0 saturated carbocycles. The van der Waals surface area contributed by atoms with Gasteiger partial charge in [-0.3, -0.25) is 4.90 Å². The molecule has 0 aromatic carbocycles. The largest absolute Gasteiger partial charge is 1.00 e. The number of hydrogen-bond donors (Lipinski definition) is 0. The van der Waals surface area contributed by atoms with Crippen LogP contribution in [0.1, 0.15) is 19.8 Å². The van der Waals surface area contributed by atoms with Crippen molar-refractivity contribution in [3.05, 3.63) is 0 Å². The second-order valence-electron chi connectivity index (χ2n) is 3.45. The molecule has 0 N–H and O–H groups in total. The summed E-state index contributed by atoms with van der Waals surface area (Å²) in [4.78, 5) is 4.61. The Morgan fingerprint density at radius 3 is 2.29 bits per heavy atom. The average molecular weight is 240 g/mol. The molecule has 1 fully saturated rings. The van der Waals surface area contributed by atoms with Crippen LogP contribution in [-0.4, -0.2) is 46.8 Å². The fourth-order valence-electron chi connectivity index (χ4n) is 1.54. The van der Waals surface area contributed by atoms with Gasteiger partial charge in [-0.2, -0.15) is 0 Å². The van der Waals surface area contributed by atoms with Gasteiger partial charge in [0.25, 0.3) is 0 Å². The van der Waals surface area contributed by atoms with Crippen LogP contribution >= 0.6 is 12.2 Å². The van der Waals surface area contributed by atoms with Gasteiger partial charge in [0.1, 0.15) is 0 Å². The molecule has 0 amide bonds. The molecule has 76 valence electrons. The van der Waals surface area contributed by atoms with E-state index in [4.69, 9.17) is 24.8 Å². The molecule has 1 heterocycles. The second kappa shape index (κ2) is 8.25. The van der Waals surface area contributed by atoms with Crippen molar-refractivity contribution < 1.29 is 29.6 Å². The van der Waals surface area contributed by atoms with Crippen LogP contribution in [0.15, 0.2) is 0 Å². The van der Waals surface area contributed by atoms with Crippen molar-refractivity contribution >= 4 is 29.2 Å². The topological polar surface area (TPSA) is 6.48 Å². The molecule has 0 unspecified atom stereocenters. The van der Waals surface area contributed by atoms with Crippen molar-refractivity contribution in [3.8, 4) is 0 Å². The van der Waals surface area contributed by atoms with Crippen LogP contribution in [-0.2, 0) is 12.6 Å². The van der Waals surface area contributed by atoms with E-state index in [0.29, 0.717) is 4.32 Å². The van der Waals surface area contributed by atoms with Gasteiger partial charge in [0.2, 0.25) is 0 Å². The monoisotopic (exact) mass is 240 g/mol. The number of hydrogen-bond acceptors (Lipinski definition) is 3. The van der Waals surface area contributed by atoms with E-state index in [1.165, 1.54) is 19.4 Å². The van der Waals surface area contributed by atoms with Gasteiger partial charge in [0.05, 0.1) is 0 Å². The summed E-state index contributed by atoms with van der Waals surface area (Å²) in [6.07, 6.45) is 2.58. The second-order valence-corrected chi connectivity index (χ2v) is 4.48. The fraction of sp³-hybridized carbons (Fsp3) is 0.889. The van der Waals surface area contributed by atoms with Gasteiger partial charge in [-0.15, -0.1) is 0 Å². The molecule has 0 bridgehead atoms. The van der Waals surface area contributed by atoms with Gasteiger partial charge in [0, 0.05) is 26.2 Å². The zero-order chi connectivity index (χ0) is 9.68. The first-order chi connectivity index (χ1) is 6.24. The van der Waals surface area contributed by atoms with Crippen molar-refractivity contribution in [3.63, 3.8) is 0 Å². The summed E-state index contributed by atoms with van der Waals surface area (Å²) in [5.41, 5.74) is 0. The molecule has 1 saturated heterocycles. The molecule has 0 spiro atoms. The van der Waals surface area contributed by atoms with Crippen LogP contribution < -0.4 is 29.6 Å². The van der Waals surface area contributed by atoms with Crippen molar-refractivity contribution in [2.45, 2.75) is 19.8 Å². The molecule has 14 heavy (non-hydrogen) atoms. The third-order valence-corrected chi connectivity index (χ3v) is 2.97. The van der Waals surface area contributed by atoms with Gasteiger partial charge in [-0.25, -0.2) is 0 Å². The van der Waals surface area contributed by atoms with Crippen LogP contribution in [0.25, 0.3) is 0 Å². The first-order valence-electron chi connectivity index (χ1n) is 4.92. The molecule has 0 radical (unpaired) electrons. The molecule has 0 aliphatic carbocycles. The van der Waals surface area contributed by atoms with E-state index in [1.54, 1.807) is 0 Å². The zero-order valence-electron chi connectivity index (χ0n) is 9.16. The first kappa shape index (κ1) is 15.1. The maximum absolute atomic E-state index is 4.96. The summed E-state index contributed by atoms with van der Waals surface area (Å²) in [5.74, 6) is 0. The maximum atomic E-state index is 4.96. The molecule has 1 aliphatic heterocycles. The Balaban J connectivity index is 0.00000169. The molecule has 0 aromatic heterocycles. The summed E-state index contributed by atoms with van der Waals surface area (Å²) in [6, 6.07) is 0. The predicted octanol–water partition coefficient (Wildman–Crippen LogP) is -1.76. The summed E-state index contributed by atoms with van der Waals surface area (Å²) in [7, 11) is 0. The van der Waals surface area contributed by atoms with Gasteiger partial charge >= 0.3 is 29.6 Å². The average Bonchev–Trinajstić information content (AvgIpc) is 2.15. The van der Waals surface area contributed by atoms with Crippen molar-refractivity contribution in [2.24, 2.45) is 0 Å². The van der Waals surface area contributed by atoms with Crippen LogP contribution in [0.4, 0.5) is 0 Å². The molecule has 0 aromatic rings. The SMILES string of the molecule is CCCCN1CCN(C(=S)[S-])CC1.[Na+].